The van der Waals surface area contributed by atoms with Crippen LogP contribution in [-0.2, 0) is 11.2 Å². The molecule has 10 nitrogen and oxygen atoms in total. The fourth-order valence-corrected chi connectivity index (χ4v) is 6.05. The van der Waals surface area contributed by atoms with Gasteiger partial charge in [-0.3, -0.25) is 20.4 Å². The van der Waals surface area contributed by atoms with Gasteiger partial charge in [0.2, 0.25) is 0 Å². The minimum absolute atomic E-state index is 0.480. The molecule has 0 aliphatic carbocycles. The molecule has 0 spiro atoms. The number of aliphatic imine (C=N–C) groups is 1. The van der Waals surface area contributed by atoms with Gasteiger partial charge >= 0.3 is 0 Å². The van der Waals surface area contributed by atoms with Gasteiger partial charge in [0.1, 0.15) is 11.5 Å². The number of aryl methyl sites for hydroxylation is 1. The lowest BCUT2D eigenvalue weighted by Gasteiger charge is -2.42. The number of hydrazine groups is 1. The number of rotatable bonds is 8. The van der Waals surface area contributed by atoms with E-state index in [1.165, 1.54) is 17.3 Å². The van der Waals surface area contributed by atoms with E-state index >= 15 is 0 Å². The predicted molar refractivity (Wildman–Crippen MR) is 150 cm³/mol. The smallest absolute Gasteiger partial charge is 0.168 e. The maximum atomic E-state index is 11.7. The highest BCUT2D eigenvalue weighted by Gasteiger charge is 2.43. The van der Waals surface area contributed by atoms with Gasteiger partial charge in [-0.1, -0.05) is 17.8 Å². The summed E-state index contributed by atoms with van der Waals surface area (Å²) < 4.78 is 10.9. The molecule has 0 saturated carbocycles. The van der Waals surface area contributed by atoms with Crippen LogP contribution in [0.15, 0.2) is 46.5 Å². The summed E-state index contributed by atoms with van der Waals surface area (Å²) in [5, 5.41) is 12.6. The van der Waals surface area contributed by atoms with Crippen molar-refractivity contribution >= 4 is 35.3 Å². The van der Waals surface area contributed by atoms with E-state index in [0.717, 1.165) is 54.0 Å². The van der Waals surface area contributed by atoms with Crippen LogP contribution in [0.2, 0.25) is 0 Å². The molecule has 4 rings (SSSR count). The zero-order valence-electron chi connectivity index (χ0n) is 22.2. The second-order valence-corrected chi connectivity index (χ2v) is 9.89. The number of likely N-dealkylation sites (N-methyl/N-ethyl adjacent to an activating group) is 2. The van der Waals surface area contributed by atoms with Crippen LogP contribution in [0.1, 0.15) is 23.1 Å². The Labute approximate surface area is 222 Å². The van der Waals surface area contributed by atoms with Gasteiger partial charge in [0.15, 0.2) is 28.2 Å². The Hall–Kier alpha value is -3.12. The lowest BCUT2D eigenvalue weighted by molar-refractivity contribution is -0.110. The Morgan fingerprint density at radius 3 is 2.51 bits per heavy atom. The molecule has 0 saturated heterocycles. The standard InChI is InChI=1S/C26H35N7O3S/c1-27-25(19-10-12-21(35-5)22(15-19)36-6)32-13-7-8-17-14-18(9-11-20(17)32)24-26(28-2,29-3)37-23(16-34)33(30-4)31-24/h9-12,14-16,23,28-30H,7-8,13H2,1-6H3. The highest BCUT2D eigenvalue weighted by molar-refractivity contribution is 8.02. The average molecular weight is 526 g/mol. The Morgan fingerprint density at radius 1 is 1.14 bits per heavy atom. The largest absolute Gasteiger partial charge is 0.493 e. The zero-order valence-corrected chi connectivity index (χ0v) is 23.0. The molecule has 1 atom stereocenters. The Bertz CT molecular complexity index is 1200. The molecule has 2 heterocycles. The van der Waals surface area contributed by atoms with Crippen LogP contribution in [0.5, 0.6) is 11.5 Å². The maximum absolute atomic E-state index is 11.7. The molecule has 198 valence electrons. The number of anilines is 1. The first-order valence-electron chi connectivity index (χ1n) is 12.2. The van der Waals surface area contributed by atoms with Gasteiger partial charge in [-0.15, -0.1) is 0 Å². The lowest BCUT2D eigenvalue weighted by Crippen LogP contribution is -2.63. The molecule has 0 radical (unpaired) electrons. The van der Waals surface area contributed by atoms with Crippen molar-refractivity contribution in [3.8, 4) is 11.5 Å². The van der Waals surface area contributed by atoms with Crippen LogP contribution in [0, 0.1) is 0 Å². The normalized spacial score (nSPS) is 19.2. The van der Waals surface area contributed by atoms with E-state index in [1.54, 1.807) is 26.4 Å². The van der Waals surface area contributed by atoms with Crippen LogP contribution in [0.3, 0.4) is 0 Å². The molecule has 37 heavy (non-hydrogen) atoms. The van der Waals surface area contributed by atoms with Crippen LogP contribution in [0.25, 0.3) is 0 Å². The highest BCUT2D eigenvalue weighted by Crippen LogP contribution is 2.37. The van der Waals surface area contributed by atoms with Crippen molar-refractivity contribution < 1.29 is 14.3 Å². The molecular weight excluding hydrogens is 490 g/mol. The SMILES string of the molecule is CN=C(c1ccc(OC)c(OC)c1)N1CCCc2cc(C3=NN(NC)C(C=O)SC3(NC)NC)ccc21. The zero-order chi connectivity index (χ0) is 26.6. The summed E-state index contributed by atoms with van der Waals surface area (Å²) in [7, 11) is 10.6. The number of hydrogen-bond donors (Lipinski definition) is 3. The van der Waals surface area contributed by atoms with E-state index in [2.05, 4.69) is 44.2 Å². The van der Waals surface area contributed by atoms with Gasteiger partial charge in [-0.2, -0.15) is 5.10 Å². The number of carbonyl (C=O) groups is 1. The summed E-state index contributed by atoms with van der Waals surface area (Å²) in [6, 6.07) is 12.3. The average Bonchev–Trinajstić information content (AvgIpc) is 2.96. The fourth-order valence-electron chi connectivity index (χ4n) is 4.87. The number of carbonyl (C=O) groups excluding carboxylic acids is 1. The van der Waals surface area contributed by atoms with Crippen LogP contribution in [0.4, 0.5) is 5.69 Å². The number of methoxy groups -OCH3 is 2. The van der Waals surface area contributed by atoms with Gasteiger partial charge in [-0.05, 0) is 62.8 Å². The topological polar surface area (TPSA) is 103 Å². The summed E-state index contributed by atoms with van der Waals surface area (Å²) in [5.74, 6) is 2.22. The molecule has 2 aromatic carbocycles. The number of ether oxygens (including phenoxy) is 2. The van der Waals surface area contributed by atoms with Gasteiger partial charge in [-0.25, -0.2) is 10.5 Å². The van der Waals surface area contributed by atoms with Crippen LogP contribution >= 0.6 is 11.8 Å². The van der Waals surface area contributed by atoms with E-state index in [1.807, 2.05) is 39.3 Å². The third-order valence-electron chi connectivity index (χ3n) is 6.71. The third-order valence-corrected chi connectivity index (χ3v) is 8.22. The summed E-state index contributed by atoms with van der Waals surface area (Å²) in [6.07, 6.45) is 2.82. The molecule has 3 N–H and O–H groups in total. The Balaban J connectivity index is 1.75. The van der Waals surface area contributed by atoms with Gasteiger partial charge < -0.3 is 14.4 Å². The minimum Gasteiger partial charge on any atom is -0.493 e. The Morgan fingerprint density at radius 2 is 1.89 bits per heavy atom. The van der Waals surface area contributed by atoms with E-state index in [0.29, 0.717) is 11.5 Å². The van der Waals surface area contributed by atoms with Crippen LogP contribution in [-0.4, -0.2) is 82.3 Å². The molecule has 2 aromatic rings. The maximum Gasteiger partial charge on any atom is 0.168 e. The van der Waals surface area contributed by atoms with Crippen molar-refractivity contribution in [3.05, 3.63) is 53.1 Å². The van der Waals surface area contributed by atoms with Crippen LogP contribution < -0.4 is 30.4 Å². The number of thioether (sulfide) groups is 1. The molecule has 1 unspecified atom stereocenters. The lowest BCUT2D eigenvalue weighted by atomic mass is 9.95. The van der Waals surface area contributed by atoms with Crippen molar-refractivity contribution in [2.75, 3.05) is 53.9 Å². The Kier molecular flexibility index (Phi) is 8.38. The molecule has 2 aliphatic rings. The number of nitrogens with zero attached hydrogens (tertiary/aromatic N) is 4. The number of aldehydes is 1. The number of hydrazone groups is 1. The monoisotopic (exact) mass is 525 g/mol. The first-order chi connectivity index (χ1) is 18.0. The van der Waals surface area contributed by atoms with Crippen molar-refractivity contribution in [2.24, 2.45) is 10.1 Å². The van der Waals surface area contributed by atoms with Gasteiger partial charge in [0, 0.05) is 37.5 Å². The summed E-state index contributed by atoms with van der Waals surface area (Å²) in [5.41, 5.74) is 8.07. The number of benzene rings is 2. The molecule has 11 heteroatoms. The van der Waals surface area contributed by atoms with E-state index in [9.17, 15) is 4.79 Å². The summed E-state index contributed by atoms with van der Waals surface area (Å²) in [6.45, 7) is 0.857. The first kappa shape index (κ1) is 26.9. The third kappa shape index (κ3) is 4.91. The van der Waals surface area contributed by atoms with Gasteiger partial charge in [0.25, 0.3) is 0 Å². The molecule has 0 bridgehead atoms. The number of hydrogen-bond acceptors (Lipinski definition) is 10. The first-order valence-corrected chi connectivity index (χ1v) is 13.0. The van der Waals surface area contributed by atoms with Crippen molar-refractivity contribution in [2.45, 2.75) is 23.2 Å². The minimum atomic E-state index is -0.725. The van der Waals surface area contributed by atoms with E-state index in [-0.39, 0.29) is 0 Å². The predicted octanol–water partition coefficient (Wildman–Crippen LogP) is 2.04. The molecule has 0 aromatic heterocycles. The molecule has 2 aliphatic heterocycles. The molecule has 0 fully saturated rings. The summed E-state index contributed by atoms with van der Waals surface area (Å²) in [4.78, 5) is 17.9. The van der Waals surface area contributed by atoms with Crippen molar-refractivity contribution in [3.63, 3.8) is 0 Å². The second kappa shape index (κ2) is 11.5. The number of fused-ring (bicyclic) bond motifs is 1. The summed E-state index contributed by atoms with van der Waals surface area (Å²) >= 11 is 1.46. The quantitative estimate of drug-likeness (QED) is 0.207. The molecule has 0 amide bonds. The van der Waals surface area contributed by atoms with Crippen molar-refractivity contribution in [1.29, 1.82) is 0 Å². The second-order valence-electron chi connectivity index (χ2n) is 8.56. The fraction of sp³-hybridized carbons (Fsp3) is 0.423. The number of nitrogens with one attached hydrogen (secondary N) is 3. The van der Waals surface area contributed by atoms with E-state index in [4.69, 9.17) is 14.6 Å². The van der Waals surface area contributed by atoms with E-state index < -0.39 is 10.4 Å². The highest BCUT2D eigenvalue weighted by atomic mass is 32.2. The van der Waals surface area contributed by atoms with Crippen molar-refractivity contribution in [1.82, 2.24) is 21.2 Å². The molecular formula is C26H35N7O3S. The number of amidine groups is 1. The van der Waals surface area contributed by atoms with Gasteiger partial charge in [0.05, 0.1) is 14.2 Å².